The highest BCUT2D eigenvalue weighted by molar-refractivity contribution is 14.1. The maximum Gasteiger partial charge on any atom is 0.199 e. The van der Waals surface area contributed by atoms with Crippen molar-refractivity contribution in [1.82, 2.24) is 19.6 Å². The zero-order valence-corrected chi connectivity index (χ0v) is 14.3. The Morgan fingerprint density at radius 3 is 2.60 bits per heavy atom. The molecule has 0 fully saturated rings. The summed E-state index contributed by atoms with van der Waals surface area (Å²) in [7, 11) is 0. The highest BCUT2D eigenvalue weighted by Crippen LogP contribution is 2.28. The van der Waals surface area contributed by atoms with Gasteiger partial charge in [-0.25, -0.2) is 4.98 Å². The van der Waals surface area contributed by atoms with Gasteiger partial charge in [0.2, 0.25) is 0 Å². The van der Waals surface area contributed by atoms with Crippen molar-refractivity contribution in [1.29, 1.82) is 0 Å². The van der Waals surface area contributed by atoms with Crippen LogP contribution in [0.5, 0.6) is 0 Å². The SMILES string of the molecule is Cc1nc(Cl)c2nnc(-c3ccc(I)c(Cl)c3)n2c1C. The minimum atomic E-state index is 0.350. The van der Waals surface area contributed by atoms with Crippen LogP contribution in [0.25, 0.3) is 17.0 Å². The van der Waals surface area contributed by atoms with Gasteiger partial charge in [-0.05, 0) is 48.6 Å². The molecule has 4 nitrogen and oxygen atoms in total. The first-order chi connectivity index (χ1) is 9.49. The summed E-state index contributed by atoms with van der Waals surface area (Å²) in [5, 5.41) is 9.39. The first-order valence-corrected chi connectivity index (χ1v) is 7.65. The number of hydrogen-bond acceptors (Lipinski definition) is 3. The molecule has 0 N–H and O–H groups in total. The normalized spacial score (nSPS) is 11.2. The number of hydrogen-bond donors (Lipinski definition) is 0. The second-order valence-corrected chi connectivity index (χ2v) is 6.31. The topological polar surface area (TPSA) is 43.1 Å². The van der Waals surface area contributed by atoms with E-state index in [1.807, 2.05) is 36.4 Å². The van der Waals surface area contributed by atoms with Crippen molar-refractivity contribution in [3.05, 3.63) is 43.3 Å². The maximum atomic E-state index is 6.18. The highest BCUT2D eigenvalue weighted by Gasteiger charge is 2.16. The Morgan fingerprint density at radius 1 is 1.15 bits per heavy atom. The molecule has 2 heterocycles. The van der Waals surface area contributed by atoms with Crippen LogP contribution in [0.4, 0.5) is 0 Å². The Balaban J connectivity index is 2.34. The number of rotatable bonds is 1. The second kappa shape index (κ2) is 5.13. The maximum absolute atomic E-state index is 6.18. The molecule has 0 saturated heterocycles. The van der Waals surface area contributed by atoms with Crippen LogP contribution in [-0.4, -0.2) is 19.6 Å². The molecule has 0 aliphatic heterocycles. The van der Waals surface area contributed by atoms with Gasteiger partial charge >= 0.3 is 0 Å². The number of aromatic nitrogens is 4. The molecule has 0 amide bonds. The Bertz CT molecular complexity index is 829. The molecule has 3 aromatic rings. The quantitative estimate of drug-likeness (QED) is 0.552. The molecule has 3 rings (SSSR count). The Hall–Kier alpha value is -0.920. The lowest BCUT2D eigenvalue weighted by atomic mass is 10.2. The van der Waals surface area contributed by atoms with Gasteiger partial charge in [-0.2, -0.15) is 0 Å². The van der Waals surface area contributed by atoms with Crippen molar-refractivity contribution in [2.24, 2.45) is 0 Å². The van der Waals surface area contributed by atoms with Crippen molar-refractivity contribution >= 4 is 51.4 Å². The van der Waals surface area contributed by atoms with Gasteiger partial charge in [-0.1, -0.05) is 29.3 Å². The number of halogens is 3. The number of benzene rings is 1. The monoisotopic (exact) mass is 418 g/mol. The predicted molar refractivity (Wildman–Crippen MR) is 88.4 cm³/mol. The zero-order chi connectivity index (χ0) is 14.4. The van der Waals surface area contributed by atoms with E-state index in [1.165, 1.54) is 0 Å². The third-order valence-corrected chi connectivity index (χ3v) is 4.98. The Labute approximate surface area is 139 Å². The van der Waals surface area contributed by atoms with Crippen LogP contribution in [0, 0.1) is 17.4 Å². The average Bonchev–Trinajstić information content (AvgIpc) is 2.85. The third-order valence-electron chi connectivity index (χ3n) is 3.15. The summed E-state index contributed by atoms with van der Waals surface area (Å²) in [5.41, 5.74) is 3.26. The van der Waals surface area contributed by atoms with Crippen LogP contribution in [0.3, 0.4) is 0 Å². The van der Waals surface area contributed by atoms with Crippen molar-refractivity contribution in [2.75, 3.05) is 0 Å². The molecule has 1 aromatic carbocycles. The van der Waals surface area contributed by atoms with E-state index >= 15 is 0 Å². The number of fused-ring (bicyclic) bond motifs is 1. The summed E-state index contributed by atoms with van der Waals surface area (Å²) in [6.45, 7) is 3.87. The third kappa shape index (κ3) is 2.17. The van der Waals surface area contributed by atoms with Gasteiger partial charge in [0.1, 0.15) is 0 Å². The molecule has 0 saturated carbocycles. The smallest absolute Gasteiger partial charge is 0.199 e. The van der Waals surface area contributed by atoms with Gasteiger partial charge < -0.3 is 0 Å². The van der Waals surface area contributed by atoms with Crippen molar-refractivity contribution < 1.29 is 0 Å². The second-order valence-electron chi connectivity index (χ2n) is 4.38. The van der Waals surface area contributed by atoms with Gasteiger partial charge in [0.15, 0.2) is 16.6 Å². The van der Waals surface area contributed by atoms with Crippen molar-refractivity contribution in [3.8, 4) is 11.4 Å². The number of aryl methyl sites for hydroxylation is 2. The van der Waals surface area contributed by atoms with Gasteiger partial charge in [-0.15, -0.1) is 10.2 Å². The van der Waals surface area contributed by atoms with Crippen LogP contribution in [-0.2, 0) is 0 Å². The average molecular weight is 419 g/mol. The summed E-state index contributed by atoms with van der Waals surface area (Å²) in [6, 6.07) is 5.79. The highest BCUT2D eigenvalue weighted by atomic mass is 127. The lowest BCUT2D eigenvalue weighted by Gasteiger charge is -2.07. The summed E-state index contributed by atoms with van der Waals surface area (Å²) in [6.07, 6.45) is 0. The van der Waals surface area contributed by atoms with Gasteiger partial charge in [-0.3, -0.25) is 4.40 Å². The molecule has 0 spiro atoms. The summed E-state index contributed by atoms with van der Waals surface area (Å²) < 4.78 is 2.90. The van der Waals surface area contributed by atoms with Gasteiger partial charge in [0.25, 0.3) is 0 Å². The lowest BCUT2D eigenvalue weighted by Crippen LogP contribution is -2.01. The minimum Gasteiger partial charge on any atom is -0.275 e. The molecule has 102 valence electrons. The van der Waals surface area contributed by atoms with Gasteiger partial charge in [0, 0.05) is 14.8 Å². The molecular formula is C13H9Cl2IN4. The lowest BCUT2D eigenvalue weighted by molar-refractivity contribution is 1.000. The van der Waals surface area contributed by atoms with Crippen molar-refractivity contribution in [3.63, 3.8) is 0 Å². The van der Waals surface area contributed by atoms with E-state index in [-0.39, 0.29) is 0 Å². The molecule has 0 atom stereocenters. The van der Waals surface area contributed by atoms with E-state index in [1.54, 1.807) is 0 Å². The van der Waals surface area contributed by atoms with Crippen LogP contribution < -0.4 is 0 Å². The molecule has 0 aliphatic carbocycles. The van der Waals surface area contributed by atoms with Crippen LogP contribution in [0.2, 0.25) is 10.2 Å². The summed E-state index contributed by atoms with van der Waals surface area (Å²) >= 11 is 14.5. The summed E-state index contributed by atoms with van der Waals surface area (Å²) in [4.78, 5) is 4.25. The van der Waals surface area contributed by atoms with E-state index in [2.05, 4.69) is 37.8 Å². The van der Waals surface area contributed by atoms with Crippen molar-refractivity contribution in [2.45, 2.75) is 13.8 Å². The molecule has 7 heteroatoms. The standard InChI is InChI=1S/C13H9Cl2IN4/c1-6-7(2)20-12(18-19-13(20)11(15)17-6)8-3-4-10(16)9(14)5-8/h3-5H,1-2H3. The fourth-order valence-corrected chi connectivity index (χ4v) is 2.76. The summed E-state index contributed by atoms with van der Waals surface area (Å²) in [5.74, 6) is 0.711. The zero-order valence-electron chi connectivity index (χ0n) is 10.7. The fourth-order valence-electron chi connectivity index (χ4n) is 2.00. The fraction of sp³-hybridized carbons (Fsp3) is 0.154. The van der Waals surface area contributed by atoms with E-state index in [9.17, 15) is 0 Å². The molecule has 0 unspecified atom stereocenters. The Kier molecular flexibility index (Phi) is 3.60. The molecule has 0 radical (unpaired) electrons. The van der Waals surface area contributed by atoms with E-state index in [0.29, 0.717) is 21.6 Å². The molecule has 2 aromatic heterocycles. The predicted octanol–water partition coefficient (Wildman–Crippen LogP) is 4.32. The minimum absolute atomic E-state index is 0.350. The van der Waals surface area contributed by atoms with Crippen LogP contribution in [0.15, 0.2) is 18.2 Å². The molecular weight excluding hydrogens is 410 g/mol. The Morgan fingerprint density at radius 2 is 1.90 bits per heavy atom. The molecule has 0 aliphatic rings. The van der Waals surface area contributed by atoms with Crippen LogP contribution in [0.1, 0.15) is 11.4 Å². The van der Waals surface area contributed by atoms with Gasteiger partial charge in [0.05, 0.1) is 10.7 Å². The van der Waals surface area contributed by atoms with Crippen LogP contribution >= 0.6 is 45.8 Å². The molecule has 0 bridgehead atoms. The molecule has 20 heavy (non-hydrogen) atoms. The van der Waals surface area contributed by atoms with E-state index in [4.69, 9.17) is 23.2 Å². The van der Waals surface area contributed by atoms with E-state index in [0.717, 1.165) is 20.5 Å². The largest absolute Gasteiger partial charge is 0.275 e. The first kappa shape index (κ1) is 14.0. The van der Waals surface area contributed by atoms with E-state index < -0.39 is 0 Å². The number of nitrogens with zero attached hydrogens (tertiary/aromatic N) is 4. The first-order valence-electron chi connectivity index (χ1n) is 5.82.